The van der Waals surface area contributed by atoms with Crippen LogP contribution in [0.2, 0.25) is 0 Å². The Kier molecular flexibility index (Phi) is 5.89. The van der Waals surface area contributed by atoms with Crippen molar-refractivity contribution in [3.05, 3.63) is 59.7 Å². The third kappa shape index (κ3) is 4.28. The highest BCUT2D eigenvalue weighted by molar-refractivity contribution is 5.68. The molecule has 3 nitrogen and oxygen atoms in total. The van der Waals surface area contributed by atoms with Crippen LogP contribution in [0.25, 0.3) is 0 Å². The maximum Gasteiger partial charge on any atom is 0.519 e. The third-order valence-corrected chi connectivity index (χ3v) is 3.06. The Balaban J connectivity index is 2.08. The van der Waals surface area contributed by atoms with Crippen molar-refractivity contribution in [3.8, 4) is 11.5 Å². The van der Waals surface area contributed by atoms with E-state index in [-0.39, 0.29) is 24.3 Å². The lowest BCUT2D eigenvalue weighted by Gasteiger charge is -2.11. The van der Waals surface area contributed by atoms with Gasteiger partial charge in [-0.15, -0.1) is 0 Å². The van der Waals surface area contributed by atoms with E-state index in [9.17, 15) is 13.6 Å². The van der Waals surface area contributed by atoms with Crippen molar-refractivity contribution in [2.45, 2.75) is 12.8 Å². The second-order valence-electron chi connectivity index (χ2n) is 4.55. The second kappa shape index (κ2) is 8.12. The van der Waals surface area contributed by atoms with E-state index in [1.165, 1.54) is 0 Å². The monoisotopic (exact) mass is 306 g/mol. The molecule has 116 valence electrons. The number of para-hydroxylation sites is 2. The first-order chi connectivity index (χ1) is 10.7. The molecule has 0 N–H and O–H groups in total. The molecule has 0 atom stereocenters. The fourth-order valence-electron chi connectivity index (χ4n) is 2.02. The first-order valence-corrected chi connectivity index (χ1v) is 6.92. The van der Waals surface area contributed by atoms with E-state index in [0.717, 1.165) is 0 Å². The number of hydrogen-bond acceptors (Lipinski definition) is 3. The molecule has 0 saturated carbocycles. The lowest BCUT2D eigenvalue weighted by molar-refractivity contribution is 0.151. The number of alkyl halides is 2. The van der Waals surface area contributed by atoms with Gasteiger partial charge in [-0.1, -0.05) is 36.4 Å². The number of carbonyl (C=O) groups excluding carboxylic acids is 1. The molecule has 22 heavy (non-hydrogen) atoms. The number of aryl methyl sites for hydroxylation is 2. The summed E-state index contributed by atoms with van der Waals surface area (Å²) < 4.78 is 35.2. The summed E-state index contributed by atoms with van der Waals surface area (Å²) in [5, 5.41) is 0. The molecule has 0 radical (unpaired) electrons. The van der Waals surface area contributed by atoms with Crippen molar-refractivity contribution in [2.24, 2.45) is 0 Å². The molecule has 0 amide bonds. The van der Waals surface area contributed by atoms with Crippen LogP contribution in [0, 0.1) is 0 Å². The third-order valence-electron chi connectivity index (χ3n) is 3.06. The van der Waals surface area contributed by atoms with E-state index in [4.69, 9.17) is 9.47 Å². The smallest absolute Gasteiger partial charge is 0.394 e. The molecule has 0 fully saturated rings. The number of hydrogen-bond donors (Lipinski definition) is 0. The number of halogens is 2. The Bertz CT molecular complexity index is 575. The normalized spacial score (nSPS) is 10.3. The summed E-state index contributed by atoms with van der Waals surface area (Å²) in [7, 11) is 0. The van der Waals surface area contributed by atoms with Crippen molar-refractivity contribution in [2.75, 3.05) is 13.3 Å². The zero-order chi connectivity index (χ0) is 15.8. The lowest BCUT2D eigenvalue weighted by atomic mass is 10.1. The average molecular weight is 306 g/mol. The van der Waals surface area contributed by atoms with Crippen molar-refractivity contribution < 1.29 is 23.0 Å². The van der Waals surface area contributed by atoms with Gasteiger partial charge in [0.1, 0.15) is 11.5 Å². The summed E-state index contributed by atoms with van der Waals surface area (Å²) >= 11 is 0. The predicted molar refractivity (Wildman–Crippen MR) is 78.9 cm³/mol. The molecule has 0 heterocycles. The maximum absolute atomic E-state index is 12.5. The van der Waals surface area contributed by atoms with E-state index in [1.54, 1.807) is 48.5 Å². The van der Waals surface area contributed by atoms with Crippen LogP contribution in [-0.4, -0.2) is 19.5 Å². The van der Waals surface area contributed by atoms with Gasteiger partial charge in [-0.25, -0.2) is 4.79 Å². The summed E-state index contributed by atoms with van der Waals surface area (Å²) in [5.41, 5.74) is 1.16. The Labute approximate surface area is 127 Å². The first kappa shape index (κ1) is 15.9. The van der Waals surface area contributed by atoms with Crippen LogP contribution in [-0.2, 0) is 12.8 Å². The van der Waals surface area contributed by atoms with Gasteiger partial charge in [0.15, 0.2) is 0 Å². The summed E-state index contributed by atoms with van der Waals surface area (Å²) in [4.78, 5) is 11.9. The van der Waals surface area contributed by atoms with Gasteiger partial charge in [0.05, 0.1) is 13.3 Å². The van der Waals surface area contributed by atoms with Crippen molar-refractivity contribution in [3.63, 3.8) is 0 Å². The highest BCUT2D eigenvalue weighted by Gasteiger charge is 2.13. The number of benzene rings is 2. The molecule has 0 aliphatic heterocycles. The minimum Gasteiger partial charge on any atom is -0.394 e. The van der Waals surface area contributed by atoms with E-state index in [0.29, 0.717) is 11.1 Å². The number of ether oxygens (including phenoxy) is 2. The minimum absolute atomic E-state index is 0.155. The summed E-state index contributed by atoms with van der Waals surface area (Å²) in [6.45, 7) is -1.09. The number of rotatable bonds is 6. The van der Waals surface area contributed by atoms with E-state index in [1.807, 2.05) is 0 Å². The fourth-order valence-corrected chi connectivity index (χ4v) is 2.02. The SMILES string of the molecule is O=C(Oc1ccccc1CCF)Oc1ccccc1CCF. The fraction of sp³-hybridized carbons (Fsp3) is 0.235. The molecule has 0 bridgehead atoms. The molecule has 2 rings (SSSR count). The first-order valence-electron chi connectivity index (χ1n) is 6.92. The van der Waals surface area contributed by atoms with Crippen molar-refractivity contribution in [1.29, 1.82) is 0 Å². The molecule has 0 spiro atoms. The van der Waals surface area contributed by atoms with E-state index in [2.05, 4.69) is 0 Å². The van der Waals surface area contributed by atoms with Gasteiger partial charge in [-0.05, 0) is 23.3 Å². The Hall–Kier alpha value is -2.43. The molecule has 0 unspecified atom stereocenters. The zero-order valence-electron chi connectivity index (χ0n) is 11.9. The van der Waals surface area contributed by atoms with Crippen LogP contribution in [0.4, 0.5) is 13.6 Å². The number of carbonyl (C=O) groups is 1. The minimum atomic E-state index is -0.933. The van der Waals surface area contributed by atoms with Gasteiger partial charge in [-0.2, -0.15) is 0 Å². The molecule has 0 aliphatic rings. The topological polar surface area (TPSA) is 35.5 Å². The van der Waals surface area contributed by atoms with E-state index >= 15 is 0 Å². The van der Waals surface area contributed by atoms with Gasteiger partial charge in [0, 0.05) is 12.8 Å². The molecule has 5 heteroatoms. The Morgan fingerprint density at radius 2 is 1.18 bits per heavy atom. The summed E-state index contributed by atoms with van der Waals surface area (Å²) in [5.74, 6) is 0.515. The van der Waals surface area contributed by atoms with Crippen molar-refractivity contribution in [1.82, 2.24) is 0 Å². The maximum atomic E-state index is 12.5. The largest absolute Gasteiger partial charge is 0.519 e. The standard InChI is InChI=1S/C17H16F2O3/c18-11-9-13-5-1-3-7-15(13)21-17(20)22-16-8-4-2-6-14(16)10-12-19/h1-8H,9-12H2. The summed E-state index contributed by atoms with van der Waals surface area (Å²) in [6, 6.07) is 13.3. The lowest BCUT2D eigenvalue weighted by Crippen LogP contribution is -2.15. The molecular formula is C17H16F2O3. The van der Waals surface area contributed by atoms with Gasteiger partial charge >= 0.3 is 6.16 Å². The predicted octanol–water partition coefficient (Wildman–Crippen LogP) is 4.29. The molecule has 0 aromatic heterocycles. The molecule has 2 aromatic carbocycles. The quantitative estimate of drug-likeness (QED) is 0.590. The van der Waals surface area contributed by atoms with Gasteiger partial charge < -0.3 is 9.47 Å². The van der Waals surface area contributed by atoms with Crippen LogP contribution in [0.5, 0.6) is 11.5 Å². The van der Waals surface area contributed by atoms with Crippen LogP contribution < -0.4 is 9.47 Å². The highest BCUT2D eigenvalue weighted by Crippen LogP contribution is 2.22. The van der Waals surface area contributed by atoms with E-state index < -0.39 is 19.5 Å². The average Bonchev–Trinajstić information content (AvgIpc) is 2.52. The van der Waals surface area contributed by atoms with Crippen LogP contribution >= 0.6 is 0 Å². The molecule has 2 aromatic rings. The van der Waals surface area contributed by atoms with Crippen molar-refractivity contribution >= 4 is 6.16 Å². The Morgan fingerprint density at radius 3 is 1.59 bits per heavy atom. The van der Waals surface area contributed by atoms with Crippen LogP contribution in [0.3, 0.4) is 0 Å². The van der Waals surface area contributed by atoms with Gasteiger partial charge in [0.2, 0.25) is 0 Å². The van der Waals surface area contributed by atoms with Crippen LogP contribution in [0.1, 0.15) is 11.1 Å². The second-order valence-corrected chi connectivity index (χ2v) is 4.55. The zero-order valence-corrected chi connectivity index (χ0v) is 11.9. The Morgan fingerprint density at radius 1 is 0.773 bits per heavy atom. The summed E-state index contributed by atoms with van der Waals surface area (Å²) in [6.07, 6.45) is -0.623. The van der Waals surface area contributed by atoms with Gasteiger partial charge in [-0.3, -0.25) is 8.78 Å². The van der Waals surface area contributed by atoms with Gasteiger partial charge in [0.25, 0.3) is 0 Å². The molecule has 0 aliphatic carbocycles. The van der Waals surface area contributed by atoms with Crippen LogP contribution in [0.15, 0.2) is 48.5 Å². The highest BCUT2D eigenvalue weighted by atomic mass is 19.1. The molecule has 0 saturated heterocycles. The molecular weight excluding hydrogens is 290 g/mol.